The molecular weight excluding hydrogens is 267 g/mol. The van der Waals surface area contributed by atoms with Gasteiger partial charge in [0.05, 0.1) is 15.6 Å². The standard InChI is InChI=1S/C14H16Cl2N2/c1-4-7-17-13-8(2)9(3)18-14-10(13)5-6-11(15)12(14)16/h5-6H,4,7H2,1-3H3,(H,17,18). The minimum atomic E-state index is 0.525. The molecule has 0 saturated heterocycles. The highest BCUT2D eigenvalue weighted by molar-refractivity contribution is 6.45. The highest BCUT2D eigenvalue weighted by atomic mass is 35.5. The molecular formula is C14H16Cl2N2. The number of benzene rings is 1. The molecule has 1 aromatic heterocycles. The maximum absolute atomic E-state index is 6.23. The molecule has 2 nitrogen and oxygen atoms in total. The summed E-state index contributed by atoms with van der Waals surface area (Å²) in [6.07, 6.45) is 1.07. The van der Waals surface area contributed by atoms with Crippen LogP contribution in [0.3, 0.4) is 0 Å². The Morgan fingerprint density at radius 1 is 1.22 bits per heavy atom. The van der Waals surface area contributed by atoms with Gasteiger partial charge >= 0.3 is 0 Å². The fourth-order valence-electron chi connectivity index (χ4n) is 1.96. The Bertz CT molecular complexity index is 594. The Kier molecular flexibility index (Phi) is 3.98. The largest absolute Gasteiger partial charge is 0.384 e. The molecule has 0 unspecified atom stereocenters. The van der Waals surface area contributed by atoms with E-state index in [4.69, 9.17) is 23.2 Å². The van der Waals surface area contributed by atoms with E-state index in [1.54, 1.807) is 0 Å². The van der Waals surface area contributed by atoms with Crippen LogP contribution in [0.2, 0.25) is 10.0 Å². The van der Waals surface area contributed by atoms with Gasteiger partial charge in [-0.1, -0.05) is 30.1 Å². The van der Waals surface area contributed by atoms with Gasteiger partial charge in [0.15, 0.2) is 0 Å². The topological polar surface area (TPSA) is 24.9 Å². The first-order chi connectivity index (χ1) is 8.56. The molecule has 96 valence electrons. The second-order valence-corrected chi connectivity index (χ2v) is 5.17. The number of pyridine rings is 1. The van der Waals surface area contributed by atoms with Gasteiger partial charge in [0.1, 0.15) is 0 Å². The number of aryl methyl sites for hydroxylation is 1. The van der Waals surface area contributed by atoms with Gasteiger partial charge in [-0.05, 0) is 38.0 Å². The van der Waals surface area contributed by atoms with Crippen LogP contribution in [0.5, 0.6) is 0 Å². The summed E-state index contributed by atoms with van der Waals surface area (Å²) in [6.45, 7) is 7.13. The summed E-state index contributed by atoms with van der Waals surface area (Å²) in [5, 5.41) is 5.55. The predicted molar refractivity (Wildman–Crippen MR) is 80.0 cm³/mol. The van der Waals surface area contributed by atoms with Crippen LogP contribution in [-0.2, 0) is 0 Å². The van der Waals surface area contributed by atoms with Gasteiger partial charge in [-0.2, -0.15) is 0 Å². The van der Waals surface area contributed by atoms with Crippen molar-refractivity contribution < 1.29 is 0 Å². The Morgan fingerprint density at radius 2 is 1.94 bits per heavy atom. The van der Waals surface area contributed by atoms with Crippen molar-refractivity contribution in [1.29, 1.82) is 0 Å². The summed E-state index contributed by atoms with van der Waals surface area (Å²) in [6, 6.07) is 3.79. The van der Waals surface area contributed by atoms with Crippen LogP contribution < -0.4 is 5.32 Å². The number of aromatic nitrogens is 1. The molecule has 2 rings (SSSR count). The van der Waals surface area contributed by atoms with Gasteiger partial charge in [-0.15, -0.1) is 0 Å². The molecule has 2 aromatic rings. The molecule has 0 spiro atoms. The summed E-state index contributed by atoms with van der Waals surface area (Å²) in [5.41, 5.74) is 4.02. The first-order valence-electron chi connectivity index (χ1n) is 6.05. The molecule has 1 aromatic carbocycles. The molecule has 0 saturated carbocycles. The molecule has 1 N–H and O–H groups in total. The molecule has 0 aliphatic carbocycles. The summed E-state index contributed by atoms with van der Waals surface area (Å²) >= 11 is 12.3. The lowest BCUT2D eigenvalue weighted by Gasteiger charge is -2.15. The van der Waals surface area contributed by atoms with Crippen LogP contribution in [0.25, 0.3) is 10.9 Å². The van der Waals surface area contributed by atoms with Crippen molar-refractivity contribution in [2.24, 2.45) is 0 Å². The second-order valence-electron chi connectivity index (χ2n) is 4.38. The van der Waals surface area contributed by atoms with Gasteiger partial charge in [0.25, 0.3) is 0 Å². The van der Waals surface area contributed by atoms with E-state index in [-0.39, 0.29) is 0 Å². The average Bonchev–Trinajstić information content (AvgIpc) is 2.35. The number of anilines is 1. The van der Waals surface area contributed by atoms with Crippen LogP contribution >= 0.6 is 23.2 Å². The van der Waals surface area contributed by atoms with E-state index in [1.165, 1.54) is 0 Å². The first kappa shape index (κ1) is 13.4. The third-order valence-corrected chi connectivity index (χ3v) is 3.88. The number of hydrogen-bond acceptors (Lipinski definition) is 2. The highest BCUT2D eigenvalue weighted by Crippen LogP contribution is 2.35. The average molecular weight is 283 g/mol. The van der Waals surface area contributed by atoms with Gasteiger partial charge in [0, 0.05) is 23.3 Å². The number of fused-ring (bicyclic) bond motifs is 1. The normalized spacial score (nSPS) is 10.9. The molecule has 0 atom stereocenters. The first-order valence-corrected chi connectivity index (χ1v) is 6.80. The van der Waals surface area contributed by atoms with Crippen LogP contribution in [0, 0.1) is 13.8 Å². The summed E-state index contributed by atoms with van der Waals surface area (Å²) < 4.78 is 0. The molecule has 0 bridgehead atoms. The van der Waals surface area contributed by atoms with Crippen LogP contribution in [0.15, 0.2) is 12.1 Å². The zero-order chi connectivity index (χ0) is 13.3. The quantitative estimate of drug-likeness (QED) is 0.859. The Morgan fingerprint density at radius 3 is 2.61 bits per heavy atom. The van der Waals surface area contributed by atoms with Crippen LogP contribution in [-0.4, -0.2) is 11.5 Å². The van der Waals surface area contributed by atoms with E-state index in [0.717, 1.165) is 40.8 Å². The third kappa shape index (κ3) is 2.27. The molecule has 0 aliphatic heterocycles. The van der Waals surface area contributed by atoms with Gasteiger partial charge < -0.3 is 5.32 Å². The van der Waals surface area contributed by atoms with E-state index >= 15 is 0 Å². The molecule has 0 amide bonds. The van der Waals surface area contributed by atoms with Crippen LogP contribution in [0.1, 0.15) is 24.6 Å². The van der Waals surface area contributed by atoms with Crippen molar-refractivity contribution in [2.75, 3.05) is 11.9 Å². The summed E-state index contributed by atoms with van der Waals surface area (Å²) in [5.74, 6) is 0. The van der Waals surface area contributed by atoms with E-state index in [1.807, 2.05) is 19.1 Å². The smallest absolute Gasteiger partial charge is 0.0927 e. The lowest BCUT2D eigenvalue weighted by atomic mass is 10.1. The maximum Gasteiger partial charge on any atom is 0.0927 e. The predicted octanol–water partition coefficient (Wildman–Crippen LogP) is 4.98. The van der Waals surface area contributed by atoms with Gasteiger partial charge in [-0.3, -0.25) is 4.98 Å². The second kappa shape index (κ2) is 5.33. The Balaban J connectivity index is 2.73. The minimum Gasteiger partial charge on any atom is -0.384 e. The van der Waals surface area contributed by atoms with Crippen molar-refractivity contribution >= 4 is 39.8 Å². The Hall–Kier alpha value is -0.990. The SMILES string of the molecule is CCCNc1c(C)c(C)nc2c(Cl)c(Cl)ccc12. The molecule has 0 aliphatic rings. The molecule has 0 radical (unpaired) electrons. The molecule has 1 heterocycles. The number of nitrogens with zero attached hydrogens (tertiary/aromatic N) is 1. The zero-order valence-electron chi connectivity index (χ0n) is 10.8. The van der Waals surface area contributed by atoms with Crippen molar-refractivity contribution in [3.63, 3.8) is 0 Å². The van der Waals surface area contributed by atoms with E-state index in [0.29, 0.717) is 10.0 Å². The molecule has 0 fully saturated rings. The fraction of sp³-hybridized carbons (Fsp3) is 0.357. The fourth-order valence-corrected chi connectivity index (χ4v) is 2.32. The Labute approximate surface area is 117 Å². The van der Waals surface area contributed by atoms with Gasteiger partial charge in [-0.25, -0.2) is 0 Å². The lowest BCUT2D eigenvalue weighted by Crippen LogP contribution is -2.05. The van der Waals surface area contributed by atoms with Crippen molar-refractivity contribution in [1.82, 2.24) is 4.98 Å². The van der Waals surface area contributed by atoms with Crippen LogP contribution in [0.4, 0.5) is 5.69 Å². The molecule has 18 heavy (non-hydrogen) atoms. The summed E-state index contributed by atoms with van der Waals surface area (Å²) in [7, 11) is 0. The monoisotopic (exact) mass is 282 g/mol. The highest BCUT2D eigenvalue weighted by Gasteiger charge is 2.13. The number of halogens is 2. The van der Waals surface area contributed by atoms with E-state index in [9.17, 15) is 0 Å². The third-order valence-electron chi connectivity index (χ3n) is 3.09. The zero-order valence-corrected chi connectivity index (χ0v) is 12.3. The van der Waals surface area contributed by atoms with E-state index < -0.39 is 0 Å². The number of rotatable bonds is 3. The van der Waals surface area contributed by atoms with Crippen molar-refractivity contribution in [3.8, 4) is 0 Å². The minimum absolute atomic E-state index is 0.525. The van der Waals surface area contributed by atoms with Crippen molar-refractivity contribution in [3.05, 3.63) is 33.4 Å². The maximum atomic E-state index is 6.23. The lowest BCUT2D eigenvalue weighted by molar-refractivity contribution is 0.977. The van der Waals surface area contributed by atoms with Crippen molar-refractivity contribution in [2.45, 2.75) is 27.2 Å². The number of hydrogen-bond donors (Lipinski definition) is 1. The number of nitrogens with one attached hydrogen (secondary N) is 1. The molecule has 4 heteroatoms. The summed E-state index contributed by atoms with van der Waals surface area (Å²) in [4.78, 5) is 4.55. The van der Waals surface area contributed by atoms with E-state index in [2.05, 4.69) is 24.1 Å². The van der Waals surface area contributed by atoms with Gasteiger partial charge in [0.2, 0.25) is 0 Å².